The van der Waals surface area contributed by atoms with Crippen molar-refractivity contribution in [1.29, 1.82) is 0 Å². The van der Waals surface area contributed by atoms with E-state index in [0.717, 1.165) is 39.0 Å². The molecule has 2 heterocycles. The molecule has 1 atom stereocenters. The molecule has 0 aromatic carbocycles. The minimum atomic E-state index is 0.0888. The van der Waals surface area contributed by atoms with Gasteiger partial charge in [-0.3, -0.25) is 0 Å². The molecule has 4 nitrogen and oxygen atoms in total. The third-order valence-corrected chi connectivity index (χ3v) is 4.10. The van der Waals surface area contributed by atoms with Crippen LogP contribution < -0.4 is 5.73 Å². The molecule has 19 heavy (non-hydrogen) atoms. The van der Waals surface area contributed by atoms with Gasteiger partial charge in [-0.1, -0.05) is 20.8 Å². The molecule has 108 valence electrons. The van der Waals surface area contributed by atoms with Gasteiger partial charge in [0.25, 0.3) is 0 Å². The Morgan fingerprint density at radius 2 is 2.11 bits per heavy atom. The minimum absolute atomic E-state index is 0.0888. The van der Waals surface area contributed by atoms with Gasteiger partial charge < -0.3 is 15.0 Å². The van der Waals surface area contributed by atoms with Gasteiger partial charge >= 0.3 is 0 Å². The van der Waals surface area contributed by atoms with E-state index in [2.05, 4.69) is 30.3 Å². The van der Waals surface area contributed by atoms with E-state index in [1.165, 1.54) is 5.69 Å². The highest BCUT2D eigenvalue weighted by molar-refractivity contribution is 5.05. The molecule has 0 aliphatic carbocycles. The van der Waals surface area contributed by atoms with E-state index >= 15 is 0 Å². The van der Waals surface area contributed by atoms with E-state index in [1.807, 2.05) is 12.5 Å². The Bertz CT molecular complexity index is 394. The Kier molecular flexibility index (Phi) is 4.63. The number of hydrogen-bond acceptors (Lipinski definition) is 3. The third-order valence-electron chi connectivity index (χ3n) is 4.10. The molecule has 0 spiro atoms. The summed E-state index contributed by atoms with van der Waals surface area (Å²) in [7, 11) is 0. The second kappa shape index (κ2) is 6.06. The summed E-state index contributed by atoms with van der Waals surface area (Å²) in [6.07, 6.45) is 7.09. The highest BCUT2D eigenvalue weighted by Crippen LogP contribution is 2.32. The van der Waals surface area contributed by atoms with Crippen LogP contribution in [0.4, 0.5) is 0 Å². The molecule has 1 fully saturated rings. The Morgan fingerprint density at radius 1 is 1.42 bits per heavy atom. The fraction of sp³-hybridized carbons (Fsp3) is 0.800. The molecule has 2 rings (SSSR count). The van der Waals surface area contributed by atoms with E-state index in [0.29, 0.717) is 11.3 Å². The van der Waals surface area contributed by atoms with Crippen molar-refractivity contribution in [2.75, 3.05) is 13.2 Å². The van der Waals surface area contributed by atoms with E-state index < -0.39 is 0 Å². The molecule has 1 saturated heterocycles. The average molecular weight is 265 g/mol. The summed E-state index contributed by atoms with van der Waals surface area (Å²) in [4.78, 5) is 4.30. The molecule has 1 aromatic heterocycles. The van der Waals surface area contributed by atoms with E-state index in [4.69, 9.17) is 10.5 Å². The van der Waals surface area contributed by atoms with Crippen molar-refractivity contribution in [2.24, 2.45) is 17.1 Å². The quantitative estimate of drug-likeness (QED) is 0.890. The smallest absolute Gasteiger partial charge is 0.0948 e. The van der Waals surface area contributed by atoms with Crippen LogP contribution in [0.15, 0.2) is 12.5 Å². The number of nitrogens with two attached hydrogens (primary N) is 1. The SMILES string of the molecule is CC(C)CC(N)c1cncn1CC1(C)CCOCC1. The van der Waals surface area contributed by atoms with Gasteiger partial charge in [0.05, 0.1) is 12.0 Å². The summed E-state index contributed by atoms with van der Waals surface area (Å²) < 4.78 is 7.71. The first-order valence-corrected chi connectivity index (χ1v) is 7.33. The van der Waals surface area contributed by atoms with Crippen LogP contribution in [0.2, 0.25) is 0 Å². The maximum atomic E-state index is 6.30. The molecule has 1 aromatic rings. The average Bonchev–Trinajstić information content (AvgIpc) is 2.76. The second-order valence-corrected chi connectivity index (χ2v) is 6.61. The third kappa shape index (κ3) is 3.80. The van der Waals surface area contributed by atoms with Gasteiger partial charge in [-0.25, -0.2) is 4.98 Å². The molecule has 1 unspecified atom stereocenters. The van der Waals surface area contributed by atoms with Gasteiger partial charge in [0.2, 0.25) is 0 Å². The van der Waals surface area contributed by atoms with E-state index in [1.54, 1.807) is 0 Å². The Hall–Kier alpha value is -0.870. The zero-order chi connectivity index (χ0) is 13.9. The molecular formula is C15H27N3O. The van der Waals surface area contributed by atoms with Crippen LogP contribution in [0.1, 0.15) is 51.8 Å². The van der Waals surface area contributed by atoms with E-state index in [9.17, 15) is 0 Å². The monoisotopic (exact) mass is 265 g/mol. The fourth-order valence-electron chi connectivity index (χ4n) is 2.83. The van der Waals surface area contributed by atoms with Crippen molar-refractivity contribution in [2.45, 2.75) is 52.6 Å². The van der Waals surface area contributed by atoms with Crippen molar-refractivity contribution < 1.29 is 4.74 Å². The lowest BCUT2D eigenvalue weighted by Crippen LogP contribution is -2.32. The molecule has 0 saturated carbocycles. The van der Waals surface area contributed by atoms with Gasteiger partial charge in [0.1, 0.15) is 0 Å². The summed E-state index contributed by atoms with van der Waals surface area (Å²) in [5.41, 5.74) is 7.78. The summed E-state index contributed by atoms with van der Waals surface area (Å²) >= 11 is 0. The first-order chi connectivity index (χ1) is 9.00. The summed E-state index contributed by atoms with van der Waals surface area (Å²) in [5.74, 6) is 0.608. The van der Waals surface area contributed by atoms with Crippen LogP contribution in [0.3, 0.4) is 0 Å². The van der Waals surface area contributed by atoms with Crippen molar-refractivity contribution in [3.05, 3.63) is 18.2 Å². The lowest BCUT2D eigenvalue weighted by molar-refractivity contribution is 0.0150. The normalized spacial score (nSPS) is 20.7. The van der Waals surface area contributed by atoms with Crippen LogP contribution >= 0.6 is 0 Å². The molecular weight excluding hydrogens is 238 g/mol. The van der Waals surface area contributed by atoms with Crippen molar-refractivity contribution in [1.82, 2.24) is 9.55 Å². The Balaban J connectivity index is 2.06. The number of nitrogens with zero attached hydrogens (tertiary/aromatic N) is 2. The predicted octanol–water partition coefficient (Wildman–Crippen LogP) is 2.75. The molecule has 4 heteroatoms. The van der Waals surface area contributed by atoms with Crippen molar-refractivity contribution in [3.63, 3.8) is 0 Å². The first-order valence-electron chi connectivity index (χ1n) is 7.33. The maximum Gasteiger partial charge on any atom is 0.0948 e. The highest BCUT2D eigenvalue weighted by Gasteiger charge is 2.29. The molecule has 2 N–H and O–H groups in total. The predicted molar refractivity (Wildman–Crippen MR) is 76.8 cm³/mol. The zero-order valence-corrected chi connectivity index (χ0v) is 12.4. The lowest BCUT2D eigenvalue weighted by Gasteiger charge is -2.34. The highest BCUT2D eigenvalue weighted by atomic mass is 16.5. The topological polar surface area (TPSA) is 53.1 Å². The lowest BCUT2D eigenvalue weighted by atomic mass is 9.82. The maximum absolute atomic E-state index is 6.30. The van der Waals surface area contributed by atoms with Crippen molar-refractivity contribution >= 4 is 0 Å². The van der Waals surface area contributed by atoms with E-state index in [-0.39, 0.29) is 6.04 Å². The largest absolute Gasteiger partial charge is 0.381 e. The minimum Gasteiger partial charge on any atom is -0.381 e. The molecule has 0 radical (unpaired) electrons. The van der Waals surface area contributed by atoms with Crippen LogP contribution in [0.25, 0.3) is 0 Å². The second-order valence-electron chi connectivity index (χ2n) is 6.61. The Morgan fingerprint density at radius 3 is 2.74 bits per heavy atom. The van der Waals surface area contributed by atoms with Crippen LogP contribution in [-0.2, 0) is 11.3 Å². The molecule has 1 aliphatic heterocycles. The van der Waals surface area contributed by atoms with Crippen LogP contribution in [-0.4, -0.2) is 22.8 Å². The number of rotatable bonds is 5. The van der Waals surface area contributed by atoms with Gasteiger partial charge in [-0.2, -0.15) is 0 Å². The first kappa shape index (κ1) is 14.5. The van der Waals surface area contributed by atoms with Crippen LogP contribution in [0, 0.1) is 11.3 Å². The van der Waals surface area contributed by atoms with Crippen molar-refractivity contribution in [3.8, 4) is 0 Å². The summed E-state index contributed by atoms with van der Waals surface area (Å²) in [5, 5.41) is 0. The summed E-state index contributed by atoms with van der Waals surface area (Å²) in [6.45, 7) is 9.50. The molecule has 0 bridgehead atoms. The number of ether oxygens (including phenoxy) is 1. The fourth-order valence-corrected chi connectivity index (χ4v) is 2.83. The van der Waals surface area contributed by atoms with Gasteiger partial charge in [-0.05, 0) is 30.6 Å². The molecule has 1 aliphatic rings. The number of hydrogen-bond donors (Lipinski definition) is 1. The standard InChI is InChI=1S/C15H27N3O/c1-12(2)8-13(16)14-9-17-11-18(14)10-15(3)4-6-19-7-5-15/h9,11-13H,4-8,10,16H2,1-3H3. The zero-order valence-electron chi connectivity index (χ0n) is 12.4. The number of imidazole rings is 1. The van der Waals surface area contributed by atoms with Gasteiger partial charge in [0.15, 0.2) is 0 Å². The van der Waals surface area contributed by atoms with Crippen LogP contribution in [0.5, 0.6) is 0 Å². The van der Waals surface area contributed by atoms with Gasteiger partial charge in [-0.15, -0.1) is 0 Å². The van der Waals surface area contributed by atoms with Gasteiger partial charge in [0, 0.05) is 32.0 Å². The molecule has 0 amide bonds. The summed E-state index contributed by atoms with van der Waals surface area (Å²) in [6, 6.07) is 0.0888. The number of aromatic nitrogens is 2. The Labute approximate surface area is 116 Å².